The van der Waals surface area contributed by atoms with E-state index in [0.717, 1.165) is 18.4 Å². The quantitative estimate of drug-likeness (QED) is 0.586. The minimum atomic E-state index is -0.583. The van der Waals surface area contributed by atoms with Crippen LogP contribution in [0.1, 0.15) is 38.3 Å². The molecule has 1 aliphatic heterocycles. The van der Waals surface area contributed by atoms with E-state index in [1.807, 2.05) is 18.2 Å². The van der Waals surface area contributed by atoms with Gasteiger partial charge in [0.2, 0.25) is 5.43 Å². The first-order chi connectivity index (χ1) is 16.5. The number of hydrogen-bond donors (Lipinski definition) is 1. The Morgan fingerprint density at radius 1 is 1.09 bits per heavy atom. The summed E-state index contributed by atoms with van der Waals surface area (Å²) in [5.41, 5.74) is 1.30. The zero-order valence-corrected chi connectivity index (χ0v) is 19.7. The normalized spacial score (nSPS) is 12.9. The number of rotatable bonds is 6. The third-order valence-electron chi connectivity index (χ3n) is 5.80. The zero-order chi connectivity index (χ0) is 24.1. The monoisotopic (exact) mass is 479 g/mol. The highest BCUT2D eigenvalue weighted by molar-refractivity contribution is 6.30. The maximum Gasteiger partial charge on any atom is 0.259 e. The maximum absolute atomic E-state index is 13.5. The second-order valence-electron chi connectivity index (χ2n) is 8.15. The molecule has 2 aromatic carbocycles. The number of hydrogen-bond acceptors (Lipinski definition) is 4. The van der Waals surface area contributed by atoms with Crippen LogP contribution < -0.4 is 15.5 Å². The summed E-state index contributed by atoms with van der Waals surface area (Å²) < 4.78 is 7.50. The Kier molecular flexibility index (Phi) is 7.33. The van der Waals surface area contributed by atoms with Crippen LogP contribution >= 0.6 is 11.6 Å². The van der Waals surface area contributed by atoms with E-state index < -0.39 is 17.2 Å². The fourth-order valence-corrected chi connectivity index (χ4v) is 4.22. The van der Waals surface area contributed by atoms with Gasteiger partial charge in [-0.15, -0.1) is 0 Å². The molecule has 4 rings (SSSR count). The minimum absolute atomic E-state index is 0.0358. The van der Waals surface area contributed by atoms with E-state index >= 15 is 0 Å². The number of halogens is 1. The molecule has 0 spiro atoms. The molecule has 0 atom stereocenters. The molecule has 0 aliphatic carbocycles. The minimum Gasteiger partial charge on any atom is -0.491 e. The van der Waals surface area contributed by atoms with Gasteiger partial charge in [0, 0.05) is 43.1 Å². The van der Waals surface area contributed by atoms with Crippen molar-refractivity contribution in [3.8, 4) is 5.75 Å². The van der Waals surface area contributed by atoms with Crippen LogP contribution in [-0.4, -0.2) is 41.5 Å². The molecule has 7 nitrogen and oxygen atoms in total. The van der Waals surface area contributed by atoms with Gasteiger partial charge in [0.1, 0.15) is 23.5 Å². The predicted octanol–water partition coefficient (Wildman–Crippen LogP) is 3.53. The van der Waals surface area contributed by atoms with Crippen LogP contribution in [0.3, 0.4) is 0 Å². The molecule has 0 radical (unpaired) electrons. The molecule has 0 fully saturated rings. The Bertz CT molecular complexity index is 1260. The van der Waals surface area contributed by atoms with Gasteiger partial charge in [-0.3, -0.25) is 14.4 Å². The van der Waals surface area contributed by atoms with Crippen molar-refractivity contribution in [2.45, 2.75) is 25.9 Å². The van der Waals surface area contributed by atoms with Gasteiger partial charge >= 0.3 is 0 Å². The van der Waals surface area contributed by atoms with Crippen LogP contribution in [-0.2, 0) is 19.5 Å². The molecule has 0 saturated carbocycles. The van der Waals surface area contributed by atoms with Crippen molar-refractivity contribution in [1.29, 1.82) is 0 Å². The van der Waals surface area contributed by atoms with Gasteiger partial charge in [0.25, 0.3) is 11.8 Å². The average Bonchev–Trinajstić information content (AvgIpc) is 3.06. The van der Waals surface area contributed by atoms with Gasteiger partial charge in [-0.05, 0) is 36.6 Å². The summed E-state index contributed by atoms with van der Waals surface area (Å²) in [4.78, 5) is 40.5. The summed E-state index contributed by atoms with van der Waals surface area (Å²) in [7, 11) is 1.46. The predicted molar refractivity (Wildman–Crippen MR) is 131 cm³/mol. The number of nitrogens with one attached hydrogen (secondary N) is 1. The average molecular weight is 480 g/mol. The number of fused-ring (bicyclic) bond motifs is 1. The molecule has 2 heterocycles. The lowest BCUT2D eigenvalue weighted by Gasteiger charge is -2.21. The zero-order valence-electron chi connectivity index (χ0n) is 18.9. The summed E-state index contributed by atoms with van der Waals surface area (Å²) >= 11 is 6.13. The van der Waals surface area contributed by atoms with Crippen molar-refractivity contribution in [3.05, 3.63) is 98.4 Å². The summed E-state index contributed by atoms with van der Waals surface area (Å²) in [6.07, 6.45) is 4.69. The smallest absolute Gasteiger partial charge is 0.259 e. The Morgan fingerprint density at radius 3 is 2.62 bits per heavy atom. The van der Waals surface area contributed by atoms with E-state index in [0.29, 0.717) is 30.5 Å². The topological polar surface area (TPSA) is 80.6 Å². The van der Waals surface area contributed by atoms with Gasteiger partial charge in [-0.1, -0.05) is 41.9 Å². The highest BCUT2D eigenvalue weighted by Crippen LogP contribution is 2.26. The van der Waals surface area contributed by atoms with E-state index in [2.05, 4.69) is 17.4 Å². The van der Waals surface area contributed by atoms with Crippen molar-refractivity contribution in [3.63, 3.8) is 0 Å². The Labute approximate surface area is 202 Å². The second kappa shape index (κ2) is 10.6. The number of carbonyl (C=O) groups excluding carboxylic acids is 2. The molecule has 1 N–H and O–H groups in total. The number of aryl methyl sites for hydroxylation is 2. The molecule has 176 valence electrons. The second-order valence-corrected chi connectivity index (χ2v) is 8.58. The van der Waals surface area contributed by atoms with Crippen molar-refractivity contribution < 1.29 is 14.3 Å². The van der Waals surface area contributed by atoms with E-state index in [4.69, 9.17) is 16.3 Å². The lowest BCUT2D eigenvalue weighted by Crippen LogP contribution is -2.38. The highest BCUT2D eigenvalue weighted by Gasteiger charge is 2.25. The highest BCUT2D eigenvalue weighted by atomic mass is 35.5. The fraction of sp³-hybridized carbons (Fsp3) is 0.269. The molecule has 2 amide bonds. The number of carbonyl (C=O) groups is 2. The van der Waals surface area contributed by atoms with Crippen molar-refractivity contribution in [2.24, 2.45) is 0 Å². The van der Waals surface area contributed by atoms with E-state index in [1.54, 1.807) is 33.9 Å². The molecule has 3 aromatic rings. The summed E-state index contributed by atoms with van der Waals surface area (Å²) in [6, 6.07) is 15.3. The standard InChI is InChI=1S/C26H26ClN3O4/c1-28-25(32)21-16-29(11-5-8-18-6-3-2-4-7-18)17-22(24(21)31)26(33)30-12-13-34-23-10-9-20(27)14-19(23)15-30/h2-4,6-7,9-10,14,16-17H,5,8,11-13,15H2,1H3,(H,28,32). The molecule has 1 aromatic heterocycles. The van der Waals surface area contributed by atoms with Gasteiger partial charge < -0.3 is 19.5 Å². The molecule has 0 saturated heterocycles. The van der Waals surface area contributed by atoms with Crippen LogP contribution in [0.15, 0.2) is 65.7 Å². The third kappa shape index (κ3) is 5.31. The van der Waals surface area contributed by atoms with Gasteiger partial charge in [0.05, 0.1) is 6.54 Å². The lowest BCUT2D eigenvalue weighted by atomic mass is 10.1. The first-order valence-corrected chi connectivity index (χ1v) is 11.5. The summed E-state index contributed by atoms with van der Waals surface area (Å²) in [5.74, 6) is -0.297. The molecule has 1 aliphatic rings. The molecule has 0 bridgehead atoms. The molecule has 8 heteroatoms. The largest absolute Gasteiger partial charge is 0.491 e. The van der Waals surface area contributed by atoms with E-state index in [1.165, 1.54) is 18.8 Å². The number of nitrogens with zero attached hydrogens (tertiary/aromatic N) is 2. The van der Waals surface area contributed by atoms with Crippen molar-refractivity contribution in [2.75, 3.05) is 20.2 Å². The van der Waals surface area contributed by atoms with Crippen LogP contribution in [0.2, 0.25) is 5.02 Å². The number of ether oxygens (including phenoxy) is 1. The summed E-state index contributed by atoms with van der Waals surface area (Å²) in [6.45, 7) is 1.41. The number of amides is 2. The van der Waals surface area contributed by atoms with E-state index in [9.17, 15) is 14.4 Å². The van der Waals surface area contributed by atoms with Gasteiger partial charge in [-0.25, -0.2) is 0 Å². The number of aromatic nitrogens is 1. The third-order valence-corrected chi connectivity index (χ3v) is 6.03. The van der Waals surface area contributed by atoms with Crippen LogP contribution in [0.25, 0.3) is 0 Å². The fourth-order valence-electron chi connectivity index (χ4n) is 4.03. The SMILES string of the molecule is CNC(=O)c1cn(CCCc2ccccc2)cc(C(=O)N2CCOc3ccc(Cl)cc3C2)c1=O. The van der Waals surface area contributed by atoms with Crippen LogP contribution in [0.5, 0.6) is 5.75 Å². The van der Waals surface area contributed by atoms with Crippen molar-refractivity contribution in [1.82, 2.24) is 14.8 Å². The lowest BCUT2D eigenvalue weighted by molar-refractivity contribution is 0.0731. The van der Waals surface area contributed by atoms with Gasteiger partial charge in [0.15, 0.2) is 0 Å². The Morgan fingerprint density at radius 2 is 1.85 bits per heavy atom. The van der Waals surface area contributed by atoms with Crippen LogP contribution in [0, 0.1) is 0 Å². The number of benzene rings is 2. The van der Waals surface area contributed by atoms with E-state index in [-0.39, 0.29) is 17.7 Å². The first kappa shape index (κ1) is 23.6. The van der Waals surface area contributed by atoms with Crippen molar-refractivity contribution >= 4 is 23.4 Å². The molecule has 34 heavy (non-hydrogen) atoms. The summed E-state index contributed by atoms with van der Waals surface area (Å²) in [5, 5.41) is 3.04. The maximum atomic E-state index is 13.5. The van der Waals surface area contributed by atoms with Crippen LogP contribution in [0.4, 0.5) is 0 Å². The number of pyridine rings is 1. The first-order valence-electron chi connectivity index (χ1n) is 11.2. The molecular weight excluding hydrogens is 454 g/mol. The van der Waals surface area contributed by atoms with Gasteiger partial charge in [-0.2, -0.15) is 0 Å². The Hall–Kier alpha value is -3.58. The molecular formula is C26H26ClN3O4. The molecule has 0 unspecified atom stereocenters. The Balaban J connectivity index is 1.61.